The number of hydrogen-bond donors (Lipinski definition) is 2. The van der Waals surface area contributed by atoms with Gasteiger partial charge in [-0.2, -0.15) is 5.10 Å². The second kappa shape index (κ2) is 6.89. The highest BCUT2D eigenvalue weighted by atomic mass is 16.3. The average Bonchev–Trinajstić information content (AvgIpc) is 3.04. The van der Waals surface area contributed by atoms with Crippen molar-refractivity contribution in [2.45, 2.75) is 12.5 Å². The molecule has 3 rings (SSSR count). The van der Waals surface area contributed by atoms with Gasteiger partial charge in [-0.1, -0.05) is 48.5 Å². The number of amides is 1. The van der Waals surface area contributed by atoms with Gasteiger partial charge >= 0.3 is 0 Å². The molecule has 0 spiro atoms. The molecule has 1 aromatic heterocycles. The lowest BCUT2D eigenvalue weighted by atomic mass is 10.1. The zero-order valence-electron chi connectivity index (χ0n) is 12.5. The molecule has 1 unspecified atom stereocenters. The zero-order valence-corrected chi connectivity index (χ0v) is 12.5. The lowest BCUT2D eigenvalue weighted by Gasteiger charge is -2.10. The SMILES string of the molecule is O=C(CC(O)c1ccccc1)Nc1ccn(-c2ccccc2)n1. The van der Waals surface area contributed by atoms with Crippen molar-refractivity contribution in [3.05, 3.63) is 78.5 Å². The second-order valence-corrected chi connectivity index (χ2v) is 5.16. The first-order valence-corrected chi connectivity index (χ1v) is 7.36. The highest BCUT2D eigenvalue weighted by molar-refractivity contribution is 5.90. The van der Waals surface area contributed by atoms with Gasteiger partial charge in [0.05, 0.1) is 18.2 Å². The largest absolute Gasteiger partial charge is 0.388 e. The Morgan fingerprint density at radius 3 is 2.39 bits per heavy atom. The Morgan fingerprint density at radius 1 is 1.04 bits per heavy atom. The second-order valence-electron chi connectivity index (χ2n) is 5.16. The number of aromatic nitrogens is 2. The molecular weight excluding hydrogens is 290 g/mol. The Hall–Kier alpha value is -2.92. The number of aliphatic hydroxyl groups is 1. The van der Waals surface area contributed by atoms with Crippen molar-refractivity contribution in [1.29, 1.82) is 0 Å². The van der Waals surface area contributed by atoms with Crippen molar-refractivity contribution >= 4 is 11.7 Å². The van der Waals surface area contributed by atoms with Gasteiger partial charge in [0.2, 0.25) is 5.91 Å². The van der Waals surface area contributed by atoms with Crippen LogP contribution in [0.1, 0.15) is 18.1 Å². The van der Waals surface area contributed by atoms with Gasteiger partial charge in [0.15, 0.2) is 5.82 Å². The summed E-state index contributed by atoms with van der Waals surface area (Å²) in [5.74, 6) is 0.179. The van der Waals surface area contributed by atoms with Crippen LogP contribution in [0.15, 0.2) is 72.9 Å². The molecule has 1 heterocycles. The van der Waals surface area contributed by atoms with E-state index in [4.69, 9.17) is 0 Å². The maximum absolute atomic E-state index is 12.0. The van der Waals surface area contributed by atoms with Crippen LogP contribution in [0.3, 0.4) is 0 Å². The number of hydrogen-bond acceptors (Lipinski definition) is 3. The van der Waals surface area contributed by atoms with Crippen molar-refractivity contribution in [2.24, 2.45) is 0 Å². The highest BCUT2D eigenvalue weighted by Crippen LogP contribution is 2.17. The Bertz CT molecular complexity index is 769. The molecule has 2 N–H and O–H groups in total. The smallest absolute Gasteiger partial charge is 0.228 e. The van der Waals surface area contributed by atoms with Gasteiger partial charge in [0.25, 0.3) is 0 Å². The van der Waals surface area contributed by atoms with Crippen LogP contribution < -0.4 is 5.32 Å². The summed E-state index contributed by atoms with van der Waals surface area (Å²) < 4.78 is 1.68. The van der Waals surface area contributed by atoms with E-state index in [1.54, 1.807) is 29.1 Å². The van der Waals surface area contributed by atoms with Crippen LogP contribution in [-0.2, 0) is 4.79 Å². The van der Waals surface area contributed by atoms with Crippen LogP contribution >= 0.6 is 0 Å². The molecule has 0 aliphatic heterocycles. The maximum Gasteiger partial charge on any atom is 0.228 e. The van der Waals surface area contributed by atoms with E-state index in [-0.39, 0.29) is 12.3 Å². The summed E-state index contributed by atoms with van der Waals surface area (Å²) in [4.78, 5) is 12.0. The van der Waals surface area contributed by atoms with Crippen LogP contribution in [0.2, 0.25) is 0 Å². The normalized spacial score (nSPS) is 11.9. The molecule has 0 bridgehead atoms. The van der Waals surface area contributed by atoms with E-state index in [2.05, 4.69) is 10.4 Å². The first-order valence-electron chi connectivity index (χ1n) is 7.36. The predicted octanol–water partition coefficient (Wildman–Crippen LogP) is 2.93. The molecule has 1 amide bonds. The third-order valence-electron chi connectivity index (χ3n) is 3.44. The summed E-state index contributed by atoms with van der Waals surface area (Å²) in [5, 5.41) is 17.1. The maximum atomic E-state index is 12.0. The first-order chi connectivity index (χ1) is 11.2. The minimum atomic E-state index is -0.826. The summed E-state index contributed by atoms with van der Waals surface area (Å²) in [6.07, 6.45) is 0.938. The molecule has 23 heavy (non-hydrogen) atoms. The standard InChI is InChI=1S/C18H17N3O2/c22-16(14-7-3-1-4-8-14)13-18(23)19-17-11-12-21(20-17)15-9-5-2-6-10-15/h1-12,16,22H,13H2,(H,19,20,23). The molecule has 116 valence electrons. The Balaban J connectivity index is 1.61. The molecule has 2 aromatic carbocycles. The van der Waals surface area contributed by atoms with E-state index in [1.807, 2.05) is 48.5 Å². The molecule has 0 saturated heterocycles. The number of aliphatic hydroxyl groups excluding tert-OH is 1. The number of nitrogens with one attached hydrogen (secondary N) is 1. The molecule has 0 saturated carbocycles. The van der Waals surface area contributed by atoms with Gasteiger partial charge in [-0.15, -0.1) is 0 Å². The lowest BCUT2D eigenvalue weighted by molar-refractivity contribution is -0.118. The monoisotopic (exact) mass is 307 g/mol. The van der Waals surface area contributed by atoms with Gasteiger partial charge in [-0.25, -0.2) is 4.68 Å². The number of carbonyl (C=O) groups excluding carboxylic acids is 1. The van der Waals surface area contributed by atoms with Gasteiger partial charge in [0, 0.05) is 12.3 Å². The van der Waals surface area contributed by atoms with Gasteiger partial charge in [-0.05, 0) is 17.7 Å². The first kappa shape index (κ1) is 15.0. The number of benzene rings is 2. The van der Waals surface area contributed by atoms with Crippen molar-refractivity contribution in [3.63, 3.8) is 0 Å². The highest BCUT2D eigenvalue weighted by Gasteiger charge is 2.13. The van der Waals surface area contributed by atoms with Crippen LogP contribution in [0.5, 0.6) is 0 Å². The van der Waals surface area contributed by atoms with Crippen molar-refractivity contribution < 1.29 is 9.90 Å². The quantitative estimate of drug-likeness (QED) is 0.761. The average molecular weight is 307 g/mol. The van der Waals surface area contributed by atoms with Crippen LogP contribution in [0.4, 0.5) is 5.82 Å². The van der Waals surface area contributed by atoms with Crippen LogP contribution in [0, 0.1) is 0 Å². The number of carbonyl (C=O) groups is 1. The summed E-state index contributed by atoms with van der Waals surface area (Å²) in [5.41, 5.74) is 1.63. The van der Waals surface area contributed by atoms with Crippen LogP contribution in [-0.4, -0.2) is 20.8 Å². The van der Waals surface area contributed by atoms with E-state index in [9.17, 15) is 9.90 Å². The summed E-state index contributed by atoms with van der Waals surface area (Å²) in [6.45, 7) is 0. The molecular formula is C18H17N3O2. The Kier molecular flexibility index (Phi) is 4.49. The van der Waals surface area contributed by atoms with Gasteiger partial charge in [0.1, 0.15) is 0 Å². The lowest BCUT2D eigenvalue weighted by Crippen LogP contribution is -2.16. The molecule has 0 radical (unpaired) electrons. The zero-order chi connectivity index (χ0) is 16.1. The fraction of sp³-hybridized carbons (Fsp3) is 0.111. The fourth-order valence-corrected chi connectivity index (χ4v) is 2.28. The fourth-order valence-electron chi connectivity index (χ4n) is 2.28. The van der Waals surface area contributed by atoms with Crippen LogP contribution in [0.25, 0.3) is 5.69 Å². The molecule has 1 atom stereocenters. The third kappa shape index (κ3) is 3.84. The van der Waals surface area contributed by atoms with Crippen molar-refractivity contribution in [2.75, 3.05) is 5.32 Å². The minimum absolute atomic E-state index is 0.0117. The number of rotatable bonds is 5. The molecule has 0 fully saturated rings. The Labute approximate surface area is 134 Å². The van der Waals surface area contributed by atoms with E-state index in [0.29, 0.717) is 5.82 Å². The molecule has 3 aromatic rings. The number of anilines is 1. The summed E-state index contributed by atoms with van der Waals surface area (Å²) >= 11 is 0. The Morgan fingerprint density at radius 2 is 1.70 bits per heavy atom. The predicted molar refractivity (Wildman–Crippen MR) is 88.2 cm³/mol. The molecule has 5 heteroatoms. The van der Waals surface area contributed by atoms with E-state index < -0.39 is 6.10 Å². The topological polar surface area (TPSA) is 67.2 Å². The molecule has 0 aliphatic carbocycles. The number of para-hydroxylation sites is 1. The molecule has 0 aliphatic rings. The van der Waals surface area contributed by atoms with Crippen molar-refractivity contribution in [3.8, 4) is 5.69 Å². The number of nitrogens with zero attached hydrogens (tertiary/aromatic N) is 2. The van der Waals surface area contributed by atoms with Gasteiger partial charge < -0.3 is 10.4 Å². The summed E-state index contributed by atoms with van der Waals surface area (Å²) in [7, 11) is 0. The van der Waals surface area contributed by atoms with Gasteiger partial charge in [-0.3, -0.25) is 4.79 Å². The van der Waals surface area contributed by atoms with E-state index in [1.165, 1.54) is 0 Å². The molecule has 5 nitrogen and oxygen atoms in total. The summed E-state index contributed by atoms with van der Waals surface area (Å²) in [6, 6.07) is 20.5. The van der Waals surface area contributed by atoms with E-state index in [0.717, 1.165) is 11.3 Å². The van der Waals surface area contributed by atoms with E-state index >= 15 is 0 Å². The van der Waals surface area contributed by atoms with Crippen molar-refractivity contribution in [1.82, 2.24) is 9.78 Å². The minimum Gasteiger partial charge on any atom is -0.388 e. The third-order valence-corrected chi connectivity index (χ3v) is 3.44.